The van der Waals surface area contributed by atoms with E-state index in [0.29, 0.717) is 12.1 Å². The van der Waals surface area contributed by atoms with Gasteiger partial charge in [-0.1, -0.05) is 13.8 Å². The first kappa shape index (κ1) is 16.1. The summed E-state index contributed by atoms with van der Waals surface area (Å²) in [5.74, 6) is -1.03. The van der Waals surface area contributed by atoms with E-state index in [2.05, 4.69) is 10.6 Å². The van der Waals surface area contributed by atoms with Crippen molar-refractivity contribution in [3.8, 4) is 0 Å². The van der Waals surface area contributed by atoms with E-state index in [1.165, 1.54) is 25.1 Å². The maximum atomic E-state index is 13.6. The lowest BCUT2D eigenvalue weighted by molar-refractivity contribution is -0.117. The van der Waals surface area contributed by atoms with Crippen molar-refractivity contribution in [2.24, 2.45) is 11.7 Å². The molecule has 6 heteroatoms. The summed E-state index contributed by atoms with van der Waals surface area (Å²) in [6.07, 6.45) is 0.513. The Bertz CT molecular complexity index is 503. The van der Waals surface area contributed by atoms with Gasteiger partial charge in [0.15, 0.2) is 0 Å². The number of amides is 2. The van der Waals surface area contributed by atoms with Crippen molar-refractivity contribution in [2.75, 3.05) is 10.6 Å². The second kappa shape index (κ2) is 7.00. The van der Waals surface area contributed by atoms with Gasteiger partial charge in [-0.2, -0.15) is 0 Å². The van der Waals surface area contributed by atoms with E-state index >= 15 is 0 Å². The first-order chi connectivity index (χ1) is 9.29. The highest BCUT2D eigenvalue weighted by Gasteiger charge is 2.16. The van der Waals surface area contributed by atoms with Crippen molar-refractivity contribution in [1.29, 1.82) is 0 Å². The van der Waals surface area contributed by atoms with Crippen LogP contribution >= 0.6 is 0 Å². The Morgan fingerprint density at radius 2 is 1.95 bits per heavy atom. The van der Waals surface area contributed by atoms with Crippen LogP contribution in [-0.4, -0.2) is 17.9 Å². The van der Waals surface area contributed by atoms with Gasteiger partial charge in [0.25, 0.3) is 0 Å². The summed E-state index contributed by atoms with van der Waals surface area (Å²) in [4.78, 5) is 22.8. The summed E-state index contributed by atoms with van der Waals surface area (Å²) in [6, 6.07) is 3.25. The molecule has 0 aliphatic carbocycles. The number of nitrogens with two attached hydrogens (primary N) is 1. The van der Waals surface area contributed by atoms with Gasteiger partial charge in [-0.15, -0.1) is 0 Å². The van der Waals surface area contributed by atoms with Crippen LogP contribution in [0.2, 0.25) is 0 Å². The van der Waals surface area contributed by atoms with Gasteiger partial charge in [-0.25, -0.2) is 4.39 Å². The van der Waals surface area contributed by atoms with Crippen LogP contribution in [-0.2, 0) is 9.59 Å². The van der Waals surface area contributed by atoms with Crippen LogP contribution < -0.4 is 16.4 Å². The average Bonchev–Trinajstić information content (AvgIpc) is 2.31. The molecule has 0 unspecified atom stereocenters. The van der Waals surface area contributed by atoms with Gasteiger partial charge >= 0.3 is 0 Å². The third-order valence-corrected chi connectivity index (χ3v) is 2.61. The lowest BCUT2D eigenvalue weighted by atomic mass is 10.0. The van der Waals surface area contributed by atoms with Crippen LogP contribution in [0.25, 0.3) is 0 Å². The molecule has 0 bridgehead atoms. The number of benzene rings is 1. The highest BCUT2D eigenvalue weighted by Crippen LogP contribution is 2.20. The maximum absolute atomic E-state index is 13.6. The fraction of sp³-hybridized carbons (Fsp3) is 0.429. The van der Waals surface area contributed by atoms with Crippen molar-refractivity contribution in [3.63, 3.8) is 0 Å². The SMILES string of the molecule is CC(=O)Nc1ccc(F)c(NC(=O)[C@@H](N)CC(C)C)c1. The molecule has 0 aliphatic rings. The third-order valence-electron chi connectivity index (χ3n) is 2.61. The van der Waals surface area contributed by atoms with Gasteiger partial charge in [0.2, 0.25) is 11.8 Å². The number of nitrogens with one attached hydrogen (secondary N) is 2. The van der Waals surface area contributed by atoms with E-state index in [4.69, 9.17) is 5.73 Å². The van der Waals surface area contributed by atoms with Gasteiger partial charge in [-0.3, -0.25) is 9.59 Å². The number of carbonyl (C=O) groups is 2. The maximum Gasteiger partial charge on any atom is 0.241 e. The molecule has 0 saturated heterocycles. The standard InChI is InChI=1S/C14H20FN3O2/c1-8(2)6-12(16)14(20)18-13-7-10(17-9(3)19)4-5-11(13)15/h4-5,7-8,12H,6,16H2,1-3H3,(H,17,19)(H,18,20)/t12-/m0/s1. The molecule has 1 aromatic rings. The topological polar surface area (TPSA) is 84.2 Å². The molecule has 20 heavy (non-hydrogen) atoms. The van der Waals surface area contributed by atoms with E-state index in [0.717, 1.165) is 0 Å². The number of carbonyl (C=O) groups excluding carboxylic acids is 2. The Balaban J connectivity index is 2.80. The molecule has 2 amide bonds. The second-order valence-corrected chi connectivity index (χ2v) is 5.10. The molecule has 0 aromatic heterocycles. The summed E-state index contributed by atoms with van der Waals surface area (Å²) in [7, 11) is 0. The Kier molecular flexibility index (Phi) is 5.64. The Morgan fingerprint density at radius 1 is 1.30 bits per heavy atom. The van der Waals surface area contributed by atoms with Crippen LogP contribution in [0.3, 0.4) is 0 Å². The minimum Gasteiger partial charge on any atom is -0.326 e. The lowest BCUT2D eigenvalue weighted by Gasteiger charge is -2.15. The minimum absolute atomic E-state index is 0.000422. The van der Waals surface area contributed by atoms with Gasteiger partial charge in [0.05, 0.1) is 11.7 Å². The van der Waals surface area contributed by atoms with E-state index in [1.807, 2.05) is 13.8 Å². The van der Waals surface area contributed by atoms with Crippen molar-refractivity contribution in [3.05, 3.63) is 24.0 Å². The molecule has 0 spiro atoms. The number of rotatable bonds is 5. The summed E-state index contributed by atoms with van der Waals surface area (Å²) in [5, 5.41) is 4.96. The van der Waals surface area contributed by atoms with Crippen LogP contribution in [0.5, 0.6) is 0 Å². The zero-order valence-corrected chi connectivity index (χ0v) is 11.9. The van der Waals surface area contributed by atoms with Crippen LogP contribution in [0, 0.1) is 11.7 Å². The number of hydrogen-bond acceptors (Lipinski definition) is 3. The molecule has 1 atom stereocenters. The Hall–Kier alpha value is -1.95. The van der Waals surface area contributed by atoms with Crippen molar-refractivity contribution in [2.45, 2.75) is 33.2 Å². The quantitative estimate of drug-likeness (QED) is 0.772. The molecular formula is C14H20FN3O2. The molecule has 0 aliphatic heterocycles. The zero-order chi connectivity index (χ0) is 15.3. The summed E-state index contributed by atoms with van der Waals surface area (Å²) >= 11 is 0. The first-order valence-corrected chi connectivity index (χ1v) is 6.43. The molecule has 1 aromatic carbocycles. The Labute approximate surface area is 117 Å². The Morgan fingerprint density at radius 3 is 2.50 bits per heavy atom. The van der Waals surface area contributed by atoms with Crippen molar-refractivity contribution >= 4 is 23.2 Å². The molecule has 0 radical (unpaired) electrons. The van der Waals surface area contributed by atoms with Gasteiger partial charge in [0, 0.05) is 12.6 Å². The molecule has 4 N–H and O–H groups in total. The normalized spacial score (nSPS) is 12.1. The molecule has 0 heterocycles. The predicted octanol–water partition coefficient (Wildman–Crippen LogP) is 2.10. The fourth-order valence-electron chi connectivity index (χ4n) is 1.74. The lowest BCUT2D eigenvalue weighted by Crippen LogP contribution is -2.36. The summed E-state index contributed by atoms with van der Waals surface area (Å²) in [6.45, 7) is 5.25. The smallest absolute Gasteiger partial charge is 0.241 e. The number of hydrogen-bond donors (Lipinski definition) is 3. The molecular weight excluding hydrogens is 261 g/mol. The number of anilines is 2. The van der Waals surface area contributed by atoms with Gasteiger partial charge in [0.1, 0.15) is 5.82 Å². The molecule has 0 fully saturated rings. The molecule has 1 rings (SSSR count). The van der Waals surface area contributed by atoms with Gasteiger partial charge in [-0.05, 0) is 30.5 Å². The van der Waals surface area contributed by atoms with Crippen molar-refractivity contribution in [1.82, 2.24) is 0 Å². The summed E-state index contributed by atoms with van der Waals surface area (Å²) in [5.41, 5.74) is 6.14. The monoisotopic (exact) mass is 281 g/mol. The largest absolute Gasteiger partial charge is 0.326 e. The van der Waals surface area contributed by atoms with Gasteiger partial charge < -0.3 is 16.4 Å². The van der Waals surface area contributed by atoms with Crippen LogP contribution in [0.15, 0.2) is 18.2 Å². The van der Waals surface area contributed by atoms with Crippen LogP contribution in [0.1, 0.15) is 27.2 Å². The average molecular weight is 281 g/mol. The molecule has 0 saturated carbocycles. The number of halogens is 1. The van der Waals surface area contributed by atoms with Crippen molar-refractivity contribution < 1.29 is 14.0 Å². The third kappa shape index (κ3) is 4.97. The van der Waals surface area contributed by atoms with E-state index in [1.54, 1.807) is 0 Å². The van der Waals surface area contributed by atoms with E-state index < -0.39 is 17.8 Å². The van der Waals surface area contributed by atoms with E-state index in [-0.39, 0.29) is 17.5 Å². The predicted molar refractivity (Wildman–Crippen MR) is 76.8 cm³/mol. The van der Waals surface area contributed by atoms with E-state index in [9.17, 15) is 14.0 Å². The molecule has 5 nitrogen and oxygen atoms in total. The fourth-order valence-corrected chi connectivity index (χ4v) is 1.74. The molecule has 110 valence electrons. The zero-order valence-electron chi connectivity index (χ0n) is 11.9. The first-order valence-electron chi connectivity index (χ1n) is 6.43. The summed E-state index contributed by atoms with van der Waals surface area (Å²) < 4.78 is 13.6. The highest BCUT2D eigenvalue weighted by atomic mass is 19.1. The van der Waals surface area contributed by atoms with Crippen LogP contribution in [0.4, 0.5) is 15.8 Å². The highest BCUT2D eigenvalue weighted by molar-refractivity contribution is 5.96. The minimum atomic E-state index is -0.696. The second-order valence-electron chi connectivity index (χ2n) is 5.10.